The lowest BCUT2D eigenvalue weighted by Crippen LogP contribution is -2.13. The molecule has 2 aromatic rings. The lowest BCUT2D eigenvalue weighted by Gasteiger charge is -2.19. The van der Waals surface area contributed by atoms with Crippen LogP contribution >= 0.6 is 0 Å². The molecule has 0 spiro atoms. The van der Waals surface area contributed by atoms with E-state index in [1.807, 2.05) is 0 Å². The van der Waals surface area contributed by atoms with E-state index in [2.05, 4.69) is 0 Å². The highest BCUT2D eigenvalue weighted by atomic mass is 16.5. The number of carbonyl (C=O) groups is 1. The Hall–Kier alpha value is -2.93. The smallest absolute Gasteiger partial charge is 0.337 e. The molecule has 0 aliphatic rings. The molecule has 0 aliphatic carbocycles. The van der Waals surface area contributed by atoms with Crippen molar-refractivity contribution in [3.05, 3.63) is 47.0 Å². The molecule has 1 atom stereocenters. The summed E-state index contributed by atoms with van der Waals surface area (Å²) < 4.78 is 26.4. The molecule has 1 N–H and O–H groups in total. The predicted octanol–water partition coefficient (Wildman–Crippen LogP) is 2.92. The van der Waals surface area contributed by atoms with E-state index in [9.17, 15) is 9.90 Å². The number of esters is 1. The molecule has 2 rings (SSSR count). The summed E-state index contributed by atoms with van der Waals surface area (Å²) in [6, 6.07) is 8.42. The number of benzene rings is 2. The second-order valence-corrected chi connectivity index (χ2v) is 5.73. The van der Waals surface area contributed by atoms with Crippen LogP contribution in [0.2, 0.25) is 0 Å². The van der Waals surface area contributed by atoms with E-state index in [1.165, 1.54) is 34.5 Å². The quantitative estimate of drug-likeness (QED) is 0.709. The molecular weight excluding hydrogens is 352 g/mol. The van der Waals surface area contributed by atoms with Crippen LogP contribution in [0.1, 0.15) is 27.6 Å². The van der Waals surface area contributed by atoms with Crippen LogP contribution in [0.4, 0.5) is 0 Å². The minimum absolute atomic E-state index is 0.0434. The fourth-order valence-electron chi connectivity index (χ4n) is 2.74. The van der Waals surface area contributed by atoms with Crippen LogP contribution in [0.15, 0.2) is 30.3 Å². The highest BCUT2D eigenvalue weighted by Gasteiger charge is 2.20. The third-order valence-corrected chi connectivity index (χ3v) is 4.06. The maximum Gasteiger partial charge on any atom is 0.337 e. The molecule has 146 valence electrons. The van der Waals surface area contributed by atoms with Gasteiger partial charge in [-0.15, -0.1) is 0 Å². The zero-order valence-electron chi connectivity index (χ0n) is 16.1. The molecule has 0 radical (unpaired) electrons. The summed E-state index contributed by atoms with van der Waals surface area (Å²) >= 11 is 0. The second-order valence-electron chi connectivity index (χ2n) is 5.73. The molecule has 7 nitrogen and oxygen atoms in total. The summed E-state index contributed by atoms with van der Waals surface area (Å²) in [7, 11) is 5.83. The predicted molar refractivity (Wildman–Crippen MR) is 99.1 cm³/mol. The lowest BCUT2D eigenvalue weighted by molar-refractivity contribution is 0.0599. The average Bonchev–Trinajstić information content (AvgIpc) is 2.70. The van der Waals surface area contributed by atoms with E-state index in [0.29, 0.717) is 39.7 Å². The van der Waals surface area contributed by atoms with Gasteiger partial charge in [-0.2, -0.15) is 0 Å². The average molecular weight is 376 g/mol. The van der Waals surface area contributed by atoms with E-state index < -0.39 is 12.1 Å². The molecule has 0 bridgehead atoms. The number of methoxy groups -OCH3 is 4. The normalized spacial score (nSPS) is 11.5. The zero-order chi connectivity index (χ0) is 20.0. The number of rotatable bonds is 8. The van der Waals surface area contributed by atoms with Crippen LogP contribution < -0.4 is 18.9 Å². The van der Waals surface area contributed by atoms with Crippen molar-refractivity contribution in [2.24, 2.45) is 0 Å². The molecule has 0 fully saturated rings. The van der Waals surface area contributed by atoms with Gasteiger partial charge >= 0.3 is 5.97 Å². The molecule has 27 heavy (non-hydrogen) atoms. The number of para-hydroxylation sites is 1. The first-order valence-electron chi connectivity index (χ1n) is 8.25. The number of hydrogen-bond donors (Lipinski definition) is 1. The summed E-state index contributed by atoms with van der Waals surface area (Å²) in [6.45, 7) is 1.74. The second kappa shape index (κ2) is 9.14. The topological polar surface area (TPSA) is 83.5 Å². The molecular formula is C20H24O7. The number of ether oxygens (including phenoxy) is 5. The third-order valence-electron chi connectivity index (χ3n) is 4.06. The highest BCUT2D eigenvalue weighted by molar-refractivity contribution is 5.90. The van der Waals surface area contributed by atoms with Gasteiger partial charge in [-0.3, -0.25) is 0 Å². The van der Waals surface area contributed by atoms with Crippen molar-refractivity contribution in [1.82, 2.24) is 0 Å². The van der Waals surface area contributed by atoms with E-state index >= 15 is 0 Å². The van der Waals surface area contributed by atoms with Crippen molar-refractivity contribution in [1.29, 1.82) is 0 Å². The minimum Gasteiger partial charge on any atom is -0.493 e. The number of aliphatic hydroxyl groups excluding tert-OH is 1. The molecule has 0 aliphatic heterocycles. The van der Waals surface area contributed by atoms with Gasteiger partial charge in [0.2, 0.25) is 0 Å². The van der Waals surface area contributed by atoms with Gasteiger partial charge in [-0.25, -0.2) is 4.79 Å². The lowest BCUT2D eigenvalue weighted by atomic mass is 10.1. The molecule has 7 heteroatoms. The van der Waals surface area contributed by atoms with Crippen molar-refractivity contribution < 1.29 is 33.6 Å². The van der Waals surface area contributed by atoms with E-state index in [0.717, 1.165) is 0 Å². The Morgan fingerprint density at radius 3 is 2.30 bits per heavy atom. The molecule has 0 heterocycles. The standard InChI is InChI=1S/C20H24O7/c1-12-9-13(20(22)26-5)10-17(24-3)18(12)27-11-15(21)14-7-6-8-16(23-2)19(14)25-4/h6-10,15,21H,11H2,1-5H3. The van der Waals surface area contributed by atoms with Crippen LogP contribution in [0.5, 0.6) is 23.0 Å². The Kier molecular flexibility index (Phi) is 6.90. The largest absolute Gasteiger partial charge is 0.493 e. The molecule has 0 amide bonds. The first-order chi connectivity index (χ1) is 13.0. The van der Waals surface area contributed by atoms with Gasteiger partial charge in [0.25, 0.3) is 0 Å². The SMILES string of the molecule is COC(=O)c1cc(C)c(OCC(O)c2cccc(OC)c2OC)c(OC)c1. The van der Waals surface area contributed by atoms with Crippen LogP contribution in [0.25, 0.3) is 0 Å². The summed E-state index contributed by atoms with van der Waals surface area (Å²) in [5, 5.41) is 10.6. The van der Waals surface area contributed by atoms with Gasteiger partial charge in [0.05, 0.1) is 34.0 Å². The number of aliphatic hydroxyl groups is 1. The minimum atomic E-state index is -0.959. The van der Waals surface area contributed by atoms with Crippen molar-refractivity contribution >= 4 is 5.97 Å². The first-order valence-corrected chi connectivity index (χ1v) is 8.25. The van der Waals surface area contributed by atoms with E-state index in [4.69, 9.17) is 23.7 Å². The number of carbonyl (C=O) groups excluding carboxylic acids is 1. The summed E-state index contributed by atoms with van der Waals surface area (Å²) in [6.07, 6.45) is -0.959. The summed E-state index contributed by atoms with van der Waals surface area (Å²) in [5.74, 6) is 1.31. The van der Waals surface area contributed by atoms with Gasteiger partial charge in [0.1, 0.15) is 12.7 Å². The monoisotopic (exact) mass is 376 g/mol. The maximum absolute atomic E-state index is 11.7. The van der Waals surface area contributed by atoms with Gasteiger partial charge in [0.15, 0.2) is 23.0 Å². The van der Waals surface area contributed by atoms with Crippen LogP contribution in [0, 0.1) is 6.92 Å². The van der Waals surface area contributed by atoms with Gasteiger partial charge < -0.3 is 28.8 Å². The fraction of sp³-hybridized carbons (Fsp3) is 0.350. The molecule has 1 unspecified atom stereocenters. The van der Waals surface area contributed by atoms with Crippen LogP contribution in [-0.4, -0.2) is 46.1 Å². The molecule has 0 aromatic heterocycles. The van der Waals surface area contributed by atoms with Gasteiger partial charge in [-0.05, 0) is 30.7 Å². The third kappa shape index (κ3) is 4.43. The Balaban J connectivity index is 2.25. The Labute approximate surface area is 158 Å². The van der Waals surface area contributed by atoms with Crippen LogP contribution in [0.3, 0.4) is 0 Å². The molecule has 2 aromatic carbocycles. The molecule has 0 saturated heterocycles. The summed E-state index contributed by atoms with van der Waals surface area (Å²) in [5.41, 5.74) is 1.58. The fourth-order valence-corrected chi connectivity index (χ4v) is 2.74. The highest BCUT2D eigenvalue weighted by Crippen LogP contribution is 2.37. The van der Waals surface area contributed by atoms with Gasteiger partial charge in [0, 0.05) is 5.56 Å². The van der Waals surface area contributed by atoms with E-state index in [-0.39, 0.29) is 6.61 Å². The zero-order valence-corrected chi connectivity index (χ0v) is 16.1. The van der Waals surface area contributed by atoms with Gasteiger partial charge in [-0.1, -0.05) is 12.1 Å². The Morgan fingerprint density at radius 1 is 1.00 bits per heavy atom. The number of aryl methyl sites for hydroxylation is 1. The van der Waals surface area contributed by atoms with Crippen molar-refractivity contribution in [3.8, 4) is 23.0 Å². The van der Waals surface area contributed by atoms with Crippen molar-refractivity contribution in [2.75, 3.05) is 35.0 Å². The van der Waals surface area contributed by atoms with Crippen molar-refractivity contribution in [2.45, 2.75) is 13.0 Å². The maximum atomic E-state index is 11.7. The Bertz CT molecular complexity index is 801. The van der Waals surface area contributed by atoms with Crippen molar-refractivity contribution in [3.63, 3.8) is 0 Å². The molecule has 0 saturated carbocycles. The first kappa shape index (κ1) is 20.4. The van der Waals surface area contributed by atoms with Crippen LogP contribution in [-0.2, 0) is 4.74 Å². The number of hydrogen-bond acceptors (Lipinski definition) is 7. The Morgan fingerprint density at radius 2 is 1.70 bits per heavy atom. The summed E-state index contributed by atoms with van der Waals surface area (Å²) in [4.78, 5) is 11.7. The van der Waals surface area contributed by atoms with E-state index in [1.54, 1.807) is 31.2 Å².